The molecule has 1 heterocycles. The molecule has 1 atom stereocenters. The molecule has 2 aliphatic carbocycles. The van der Waals surface area contributed by atoms with Gasteiger partial charge in [-0.15, -0.1) is 24.8 Å². The Hall–Kier alpha value is -1.56. The van der Waals surface area contributed by atoms with E-state index in [4.69, 9.17) is 4.74 Å². The van der Waals surface area contributed by atoms with Crippen molar-refractivity contribution in [3.8, 4) is 0 Å². The van der Waals surface area contributed by atoms with Gasteiger partial charge in [0, 0.05) is 18.3 Å². The number of carbonyl (C=O) groups is 1. The Morgan fingerprint density at radius 2 is 1.92 bits per heavy atom. The lowest BCUT2D eigenvalue weighted by atomic mass is 9.93. The second kappa shape index (κ2) is 8.70. The second-order valence-electron chi connectivity index (χ2n) is 6.47. The minimum Gasteiger partial charge on any atom is -0.443 e. The van der Waals surface area contributed by atoms with Gasteiger partial charge in [-0.2, -0.15) is 9.78 Å². The summed E-state index contributed by atoms with van der Waals surface area (Å²) in [7, 11) is 0. The quantitative estimate of drug-likeness (QED) is 0.877. The van der Waals surface area contributed by atoms with Crippen molar-refractivity contribution < 1.29 is 9.53 Å². The summed E-state index contributed by atoms with van der Waals surface area (Å²) in [6.07, 6.45) is 7.01. The van der Waals surface area contributed by atoms with Crippen molar-refractivity contribution in [2.75, 3.05) is 0 Å². The molecule has 1 N–H and O–H groups in total. The van der Waals surface area contributed by atoms with E-state index in [1.807, 2.05) is 36.5 Å². The fourth-order valence-electron chi connectivity index (χ4n) is 3.11. The van der Waals surface area contributed by atoms with Crippen LogP contribution in [0.1, 0.15) is 36.1 Å². The van der Waals surface area contributed by atoms with Crippen LogP contribution in [0.4, 0.5) is 4.79 Å². The average molecular weight is 384 g/mol. The van der Waals surface area contributed by atoms with Gasteiger partial charge in [-0.05, 0) is 43.2 Å². The molecule has 4 rings (SSSR count). The average Bonchev–Trinajstić information content (AvgIpc) is 3.29. The number of aromatic nitrogens is 2. The van der Waals surface area contributed by atoms with E-state index in [1.54, 1.807) is 0 Å². The molecule has 2 aromatic rings. The van der Waals surface area contributed by atoms with E-state index in [2.05, 4.69) is 10.4 Å². The van der Waals surface area contributed by atoms with Crippen LogP contribution in [-0.2, 0) is 24.2 Å². The van der Waals surface area contributed by atoms with E-state index in [-0.39, 0.29) is 31.4 Å². The number of hydrogen-bond acceptors (Lipinski definition) is 4. The van der Waals surface area contributed by atoms with E-state index < -0.39 is 6.09 Å². The summed E-state index contributed by atoms with van der Waals surface area (Å²) in [5.74, 6) is 0. The van der Waals surface area contributed by atoms with Crippen LogP contribution in [0.25, 0.3) is 0 Å². The third-order valence-electron chi connectivity index (χ3n) is 4.51. The first kappa shape index (κ1) is 19.8. The fourth-order valence-corrected chi connectivity index (χ4v) is 3.11. The molecule has 0 bridgehead atoms. The lowest BCUT2D eigenvalue weighted by molar-refractivity contribution is 0.137. The number of ether oxygens (including phenoxy) is 1. The minimum absolute atomic E-state index is 0. The summed E-state index contributed by atoms with van der Waals surface area (Å²) in [6.45, 7) is 0.274. The first-order valence-electron chi connectivity index (χ1n) is 8.32. The first-order valence-corrected chi connectivity index (χ1v) is 8.32. The molecule has 1 aromatic heterocycles. The van der Waals surface area contributed by atoms with Crippen molar-refractivity contribution in [2.45, 2.75) is 50.8 Å². The summed E-state index contributed by atoms with van der Waals surface area (Å²) in [5.41, 5.74) is 3.19. The minimum atomic E-state index is -0.407. The van der Waals surface area contributed by atoms with Crippen LogP contribution >= 0.6 is 24.8 Å². The Labute approximate surface area is 159 Å². The van der Waals surface area contributed by atoms with Gasteiger partial charge in [0.25, 0.3) is 0 Å². The summed E-state index contributed by atoms with van der Waals surface area (Å²) in [5, 5.41) is 8.07. The summed E-state index contributed by atoms with van der Waals surface area (Å²) in [4.78, 5) is 12.2. The van der Waals surface area contributed by atoms with Gasteiger partial charge in [-0.3, -0.25) is 0 Å². The van der Waals surface area contributed by atoms with Crippen LogP contribution < -0.4 is 5.32 Å². The molecule has 0 spiro atoms. The van der Waals surface area contributed by atoms with Crippen LogP contribution in [0.3, 0.4) is 0 Å². The summed E-state index contributed by atoms with van der Waals surface area (Å²) < 4.78 is 6.69. The number of hydrogen-bond donors (Lipinski definition) is 1. The molecular weight excluding hydrogens is 361 g/mol. The zero-order valence-corrected chi connectivity index (χ0v) is 15.5. The van der Waals surface area contributed by atoms with E-state index in [1.165, 1.54) is 23.1 Å². The van der Waals surface area contributed by atoms with Crippen molar-refractivity contribution in [1.29, 1.82) is 0 Å². The SMILES string of the molecule is Cl.Cl.O=C(OCc1ccccc1)n1cc2c(n1)CCC(NC1CC1)C2. The Kier molecular flexibility index (Phi) is 6.87. The van der Waals surface area contributed by atoms with Gasteiger partial charge >= 0.3 is 6.09 Å². The largest absolute Gasteiger partial charge is 0.443 e. The molecule has 0 aliphatic heterocycles. The second-order valence-corrected chi connectivity index (χ2v) is 6.47. The Morgan fingerprint density at radius 3 is 2.64 bits per heavy atom. The van der Waals surface area contributed by atoms with Crippen LogP contribution in [0.5, 0.6) is 0 Å². The van der Waals surface area contributed by atoms with Gasteiger partial charge in [0.15, 0.2) is 0 Å². The van der Waals surface area contributed by atoms with E-state index in [0.29, 0.717) is 12.1 Å². The van der Waals surface area contributed by atoms with Crippen molar-refractivity contribution in [2.24, 2.45) is 0 Å². The summed E-state index contributed by atoms with van der Waals surface area (Å²) >= 11 is 0. The molecule has 0 saturated heterocycles. The molecule has 25 heavy (non-hydrogen) atoms. The highest BCUT2D eigenvalue weighted by atomic mass is 35.5. The van der Waals surface area contributed by atoms with Crippen LogP contribution in [0.15, 0.2) is 36.5 Å². The monoisotopic (exact) mass is 383 g/mol. The zero-order valence-electron chi connectivity index (χ0n) is 13.9. The standard InChI is InChI=1S/C18H21N3O2.2ClH/c22-18(23-12-13-4-2-1-3-5-13)21-11-14-10-16(19-15-6-7-15)8-9-17(14)20-21;;/h1-5,11,15-16,19H,6-10,12H2;2*1H. The number of carbonyl (C=O) groups excluding carboxylic acids is 1. The Morgan fingerprint density at radius 1 is 1.16 bits per heavy atom. The maximum Gasteiger partial charge on any atom is 0.435 e. The number of aryl methyl sites for hydroxylation is 1. The highest BCUT2D eigenvalue weighted by Gasteiger charge is 2.28. The lowest BCUT2D eigenvalue weighted by Gasteiger charge is -2.22. The van der Waals surface area contributed by atoms with Gasteiger partial charge in [-0.1, -0.05) is 30.3 Å². The lowest BCUT2D eigenvalue weighted by Crippen LogP contribution is -2.35. The molecule has 1 fully saturated rings. The molecular formula is C18H23Cl2N3O2. The van der Waals surface area contributed by atoms with Crippen molar-refractivity contribution in [3.63, 3.8) is 0 Å². The molecule has 1 unspecified atom stereocenters. The van der Waals surface area contributed by atoms with Crippen molar-refractivity contribution in [1.82, 2.24) is 15.1 Å². The molecule has 1 aromatic carbocycles. The van der Waals surface area contributed by atoms with Gasteiger partial charge in [0.2, 0.25) is 0 Å². The van der Waals surface area contributed by atoms with E-state index in [0.717, 1.165) is 30.5 Å². The Bertz CT molecular complexity index is 702. The number of benzene rings is 1. The number of nitrogens with zero attached hydrogens (tertiary/aromatic N) is 2. The van der Waals surface area contributed by atoms with Gasteiger partial charge in [0.1, 0.15) is 6.61 Å². The van der Waals surface area contributed by atoms with Crippen LogP contribution in [0.2, 0.25) is 0 Å². The fraction of sp³-hybridized carbons (Fsp3) is 0.444. The van der Waals surface area contributed by atoms with Gasteiger partial charge in [-0.25, -0.2) is 4.79 Å². The highest BCUT2D eigenvalue weighted by molar-refractivity contribution is 5.85. The van der Waals surface area contributed by atoms with Gasteiger partial charge in [0.05, 0.1) is 5.69 Å². The smallest absolute Gasteiger partial charge is 0.435 e. The number of fused-ring (bicyclic) bond motifs is 1. The van der Waals surface area contributed by atoms with Gasteiger partial charge < -0.3 is 10.1 Å². The molecule has 5 nitrogen and oxygen atoms in total. The topological polar surface area (TPSA) is 56.2 Å². The molecule has 2 aliphatic rings. The normalized spacial score (nSPS) is 18.5. The number of nitrogens with one attached hydrogen (secondary N) is 1. The predicted molar refractivity (Wildman–Crippen MR) is 101 cm³/mol. The first-order chi connectivity index (χ1) is 11.3. The van der Waals surface area contributed by atoms with Crippen LogP contribution in [0, 0.1) is 0 Å². The van der Waals surface area contributed by atoms with E-state index in [9.17, 15) is 4.79 Å². The van der Waals surface area contributed by atoms with Crippen molar-refractivity contribution in [3.05, 3.63) is 53.3 Å². The summed E-state index contributed by atoms with van der Waals surface area (Å²) in [6, 6.07) is 10.9. The van der Waals surface area contributed by atoms with Crippen LogP contribution in [-0.4, -0.2) is 28.0 Å². The molecule has 7 heteroatoms. The maximum absolute atomic E-state index is 12.2. The Balaban J connectivity index is 0.00000113. The van der Waals surface area contributed by atoms with E-state index >= 15 is 0 Å². The predicted octanol–water partition coefficient (Wildman–Crippen LogP) is 3.52. The number of halogens is 2. The number of rotatable bonds is 4. The molecule has 0 amide bonds. The third kappa shape index (κ3) is 4.97. The third-order valence-corrected chi connectivity index (χ3v) is 4.51. The maximum atomic E-state index is 12.2. The molecule has 136 valence electrons. The molecule has 1 saturated carbocycles. The molecule has 0 radical (unpaired) electrons. The van der Waals surface area contributed by atoms with Crippen molar-refractivity contribution >= 4 is 30.9 Å². The highest BCUT2D eigenvalue weighted by Crippen LogP contribution is 2.25. The zero-order chi connectivity index (χ0) is 15.6.